The van der Waals surface area contributed by atoms with E-state index in [0.29, 0.717) is 29.9 Å². The summed E-state index contributed by atoms with van der Waals surface area (Å²) in [7, 11) is 6.15. The highest BCUT2D eigenvalue weighted by Gasteiger charge is 2.47. The fourth-order valence-corrected chi connectivity index (χ4v) is 5.47. The third-order valence-corrected chi connectivity index (χ3v) is 6.94. The van der Waals surface area contributed by atoms with Crippen LogP contribution in [0.25, 0.3) is 0 Å². The first-order valence-electron chi connectivity index (χ1n) is 11.4. The average molecular weight is 466 g/mol. The van der Waals surface area contributed by atoms with Crippen LogP contribution in [0.5, 0.6) is 17.2 Å². The molecule has 0 bridgehead atoms. The van der Waals surface area contributed by atoms with Crippen molar-refractivity contribution in [2.75, 3.05) is 28.4 Å². The highest BCUT2D eigenvalue weighted by Crippen LogP contribution is 2.50. The summed E-state index contributed by atoms with van der Waals surface area (Å²) in [5, 5.41) is 3.46. The van der Waals surface area contributed by atoms with Crippen LogP contribution in [-0.2, 0) is 14.3 Å². The predicted octanol–water partition coefficient (Wildman–Crippen LogP) is 3.98. The molecule has 4 rings (SSSR count). The van der Waals surface area contributed by atoms with Gasteiger partial charge in [0.25, 0.3) is 0 Å². The fourth-order valence-electron chi connectivity index (χ4n) is 5.47. The number of carbonyl (C=O) groups is 2. The van der Waals surface area contributed by atoms with E-state index < -0.39 is 11.8 Å². The minimum Gasteiger partial charge on any atom is -0.496 e. The maximum absolute atomic E-state index is 13.8. The molecule has 2 aromatic carbocycles. The van der Waals surface area contributed by atoms with Gasteiger partial charge in [-0.3, -0.25) is 9.59 Å². The molecule has 7 heteroatoms. The Hall–Kier alpha value is -3.48. The molecule has 180 valence electrons. The van der Waals surface area contributed by atoms with Gasteiger partial charge >= 0.3 is 5.97 Å². The van der Waals surface area contributed by atoms with Gasteiger partial charge in [0.2, 0.25) is 0 Å². The summed E-state index contributed by atoms with van der Waals surface area (Å²) in [4.78, 5) is 26.7. The molecule has 1 aliphatic carbocycles. The van der Waals surface area contributed by atoms with Crippen molar-refractivity contribution in [2.45, 2.75) is 37.6 Å². The van der Waals surface area contributed by atoms with Gasteiger partial charge in [0.15, 0.2) is 17.3 Å². The highest BCUT2D eigenvalue weighted by atomic mass is 16.5. The minimum absolute atomic E-state index is 0.000308. The second-order valence-corrected chi connectivity index (χ2v) is 8.70. The molecule has 2 aromatic rings. The summed E-state index contributed by atoms with van der Waals surface area (Å²) in [6.07, 6.45) is 0.967. The third-order valence-electron chi connectivity index (χ3n) is 6.94. The van der Waals surface area contributed by atoms with Crippen molar-refractivity contribution in [2.24, 2.45) is 5.92 Å². The zero-order chi connectivity index (χ0) is 24.4. The van der Waals surface area contributed by atoms with E-state index in [4.69, 9.17) is 18.9 Å². The van der Waals surface area contributed by atoms with Crippen molar-refractivity contribution in [3.63, 3.8) is 0 Å². The second-order valence-electron chi connectivity index (χ2n) is 8.70. The van der Waals surface area contributed by atoms with E-state index in [1.807, 2.05) is 43.3 Å². The lowest BCUT2D eigenvalue weighted by atomic mass is 9.67. The first-order valence-corrected chi connectivity index (χ1v) is 11.4. The lowest BCUT2D eigenvalue weighted by molar-refractivity contribution is -0.147. The number of para-hydroxylation sites is 2. The number of nitrogens with one attached hydrogen (secondary N) is 1. The molecular weight excluding hydrogens is 434 g/mol. The Morgan fingerprint density at radius 2 is 1.56 bits per heavy atom. The summed E-state index contributed by atoms with van der Waals surface area (Å²) in [6.45, 7) is 1.95. The van der Waals surface area contributed by atoms with Crippen molar-refractivity contribution >= 4 is 11.8 Å². The lowest BCUT2D eigenvalue weighted by Crippen LogP contribution is -2.49. The van der Waals surface area contributed by atoms with Gasteiger partial charge in [-0.15, -0.1) is 0 Å². The Morgan fingerprint density at radius 1 is 0.882 bits per heavy atom. The van der Waals surface area contributed by atoms with Gasteiger partial charge < -0.3 is 24.3 Å². The molecule has 7 nitrogen and oxygen atoms in total. The van der Waals surface area contributed by atoms with Gasteiger partial charge in [-0.05, 0) is 31.0 Å². The number of allylic oxidation sites excluding steroid dienone is 2. The number of methoxy groups -OCH3 is 4. The van der Waals surface area contributed by atoms with E-state index >= 15 is 0 Å². The zero-order valence-electron chi connectivity index (χ0n) is 20.2. The SMILES string of the molecule is COC(=O)C1C(C)NC2=C(C(=O)CC(c3ccccc3OC)C2)C1c1cccc(OC)c1OC. The predicted molar refractivity (Wildman–Crippen MR) is 127 cm³/mol. The van der Waals surface area contributed by atoms with Crippen molar-refractivity contribution < 1.29 is 28.5 Å². The number of hydrogen-bond acceptors (Lipinski definition) is 7. The maximum atomic E-state index is 13.8. The lowest BCUT2D eigenvalue weighted by Gasteiger charge is -2.42. The van der Waals surface area contributed by atoms with Gasteiger partial charge in [-0.25, -0.2) is 0 Å². The van der Waals surface area contributed by atoms with Gasteiger partial charge in [0.05, 0.1) is 34.4 Å². The van der Waals surface area contributed by atoms with E-state index in [9.17, 15) is 9.59 Å². The fraction of sp³-hybridized carbons (Fsp3) is 0.407. The number of benzene rings is 2. The van der Waals surface area contributed by atoms with E-state index in [2.05, 4.69) is 5.32 Å². The van der Waals surface area contributed by atoms with Crippen LogP contribution in [0.1, 0.15) is 42.7 Å². The second kappa shape index (κ2) is 9.79. The molecule has 0 spiro atoms. The number of ketones is 1. The Labute approximate surface area is 200 Å². The number of ether oxygens (including phenoxy) is 4. The average Bonchev–Trinajstić information content (AvgIpc) is 2.86. The molecule has 0 aromatic heterocycles. The van der Waals surface area contributed by atoms with Crippen molar-refractivity contribution in [1.29, 1.82) is 0 Å². The van der Waals surface area contributed by atoms with Gasteiger partial charge in [0.1, 0.15) is 5.75 Å². The quantitative estimate of drug-likeness (QED) is 0.646. The molecule has 0 amide bonds. The first-order chi connectivity index (χ1) is 16.4. The number of esters is 1. The van der Waals surface area contributed by atoms with Gasteiger partial charge in [-0.1, -0.05) is 30.3 Å². The highest BCUT2D eigenvalue weighted by molar-refractivity contribution is 6.00. The molecular formula is C27H31NO6. The molecule has 2 aliphatic rings. The third kappa shape index (κ3) is 4.00. The molecule has 0 fully saturated rings. The summed E-state index contributed by atoms with van der Waals surface area (Å²) in [5.74, 6) is 0.320. The molecule has 4 atom stereocenters. The largest absolute Gasteiger partial charge is 0.496 e. The standard InChI is InChI=1S/C27H31NO6/c1-15-23(27(30)34-5)24(18-10-8-12-22(32-3)26(18)33-4)25-19(28-15)13-16(14-20(25)29)17-9-6-7-11-21(17)31-2/h6-12,15-16,23-24,28H,13-14H2,1-5H3. The summed E-state index contributed by atoms with van der Waals surface area (Å²) in [6, 6.07) is 13.1. The number of Topliss-reactive ketones (excluding diaryl/α,β-unsaturated/α-hetero) is 1. The molecule has 34 heavy (non-hydrogen) atoms. The van der Waals surface area contributed by atoms with Crippen LogP contribution in [0.15, 0.2) is 53.7 Å². The normalized spacial score (nSPS) is 24.1. The van der Waals surface area contributed by atoms with E-state index in [1.54, 1.807) is 27.4 Å². The van der Waals surface area contributed by atoms with Crippen LogP contribution >= 0.6 is 0 Å². The first kappa shape index (κ1) is 23.7. The van der Waals surface area contributed by atoms with Crippen LogP contribution in [0.3, 0.4) is 0 Å². The maximum Gasteiger partial charge on any atom is 0.311 e. The molecule has 1 N–H and O–H groups in total. The van der Waals surface area contributed by atoms with Crippen LogP contribution in [-0.4, -0.2) is 46.2 Å². The molecule has 0 saturated heterocycles. The monoisotopic (exact) mass is 465 g/mol. The topological polar surface area (TPSA) is 83.1 Å². The van der Waals surface area contributed by atoms with Crippen LogP contribution in [0.4, 0.5) is 0 Å². The molecule has 1 aliphatic heterocycles. The molecule has 1 heterocycles. The summed E-state index contributed by atoms with van der Waals surface area (Å²) in [5.41, 5.74) is 3.22. The minimum atomic E-state index is -0.600. The smallest absolute Gasteiger partial charge is 0.311 e. The summed E-state index contributed by atoms with van der Waals surface area (Å²) >= 11 is 0. The van der Waals surface area contributed by atoms with Crippen molar-refractivity contribution in [3.8, 4) is 17.2 Å². The van der Waals surface area contributed by atoms with Crippen LogP contribution < -0.4 is 19.5 Å². The molecule has 0 radical (unpaired) electrons. The van der Waals surface area contributed by atoms with Crippen LogP contribution in [0, 0.1) is 5.92 Å². The zero-order valence-corrected chi connectivity index (χ0v) is 20.2. The van der Waals surface area contributed by atoms with Crippen LogP contribution in [0.2, 0.25) is 0 Å². The van der Waals surface area contributed by atoms with Crippen molar-refractivity contribution in [1.82, 2.24) is 5.32 Å². The number of carbonyl (C=O) groups excluding carboxylic acids is 2. The summed E-state index contributed by atoms with van der Waals surface area (Å²) < 4.78 is 22.0. The Balaban J connectivity index is 1.87. The Bertz CT molecular complexity index is 1120. The molecule has 4 unspecified atom stereocenters. The Kier molecular flexibility index (Phi) is 6.82. The molecule has 0 saturated carbocycles. The van der Waals surface area contributed by atoms with Gasteiger partial charge in [0, 0.05) is 41.1 Å². The number of hydrogen-bond donors (Lipinski definition) is 1. The number of rotatable bonds is 6. The van der Waals surface area contributed by atoms with E-state index in [0.717, 1.165) is 22.6 Å². The van der Waals surface area contributed by atoms with Crippen molar-refractivity contribution in [3.05, 3.63) is 64.9 Å². The Morgan fingerprint density at radius 3 is 2.24 bits per heavy atom. The van der Waals surface area contributed by atoms with E-state index in [-0.39, 0.29) is 23.7 Å². The van der Waals surface area contributed by atoms with Gasteiger partial charge in [-0.2, -0.15) is 0 Å². The van der Waals surface area contributed by atoms with E-state index in [1.165, 1.54) is 7.11 Å².